The number of aromatic nitrogens is 1. The molecule has 7 rings (SSSR count). The van der Waals surface area contributed by atoms with E-state index in [2.05, 4.69) is 109 Å². The van der Waals surface area contributed by atoms with Crippen molar-refractivity contribution in [3.8, 4) is 0 Å². The molecular formula is C33H30N3Pb-3. The molecule has 4 heteroatoms. The van der Waals surface area contributed by atoms with Crippen molar-refractivity contribution in [1.29, 1.82) is 0 Å². The Bertz CT molecular complexity index is 1350. The van der Waals surface area contributed by atoms with Crippen LogP contribution < -0.4 is 11.2 Å². The zero-order valence-electron chi connectivity index (χ0n) is 20.9. The number of para-hydroxylation sites is 1. The molecule has 4 aromatic rings. The van der Waals surface area contributed by atoms with Gasteiger partial charge in [-0.3, -0.25) is 0 Å². The molecule has 0 N–H and O–H groups in total. The summed E-state index contributed by atoms with van der Waals surface area (Å²) in [5, 5.41) is 11.1. The molecule has 37 heavy (non-hydrogen) atoms. The van der Waals surface area contributed by atoms with Gasteiger partial charge in [-0.15, -0.1) is 11.6 Å². The van der Waals surface area contributed by atoms with Gasteiger partial charge in [0.05, 0.1) is 0 Å². The van der Waals surface area contributed by atoms with Crippen molar-refractivity contribution in [2.45, 2.75) is 37.8 Å². The molecule has 1 aliphatic carbocycles. The molecule has 3 atom stereocenters. The molecule has 3 nitrogen and oxygen atoms in total. The van der Waals surface area contributed by atoms with Gasteiger partial charge in [0.25, 0.3) is 0 Å². The van der Waals surface area contributed by atoms with Crippen LogP contribution in [0.2, 0.25) is 0 Å². The summed E-state index contributed by atoms with van der Waals surface area (Å²) < 4.78 is 3.13. The molecule has 2 aliphatic heterocycles. The van der Waals surface area contributed by atoms with Crippen LogP contribution in [0.1, 0.15) is 37.4 Å². The fraction of sp³-hybridized carbons (Fsp3) is 0.212. The zero-order chi connectivity index (χ0) is 24.9. The second-order valence-corrected chi connectivity index (χ2v) is 15.3. The first-order valence-electron chi connectivity index (χ1n) is 13.2. The van der Waals surface area contributed by atoms with Crippen LogP contribution in [0.25, 0.3) is 21.5 Å². The topological polar surface area (TPSA) is 42.3 Å². The van der Waals surface area contributed by atoms with Crippen LogP contribution in [0.15, 0.2) is 127 Å². The third-order valence-electron chi connectivity index (χ3n) is 7.18. The molecule has 1 saturated carbocycles. The van der Waals surface area contributed by atoms with Gasteiger partial charge in [0.2, 0.25) is 0 Å². The molecule has 184 valence electrons. The van der Waals surface area contributed by atoms with Crippen LogP contribution in [0, 0.1) is 5.92 Å². The van der Waals surface area contributed by atoms with E-state index < -0.39 is 24.2 Å². The van der Waals surface area contributed by atoms with Crippen molar-refractivity contribution in [1.82, 2.24) is 4.98 Å². The van der Waals surface area contributed by atoms with E-state index in [-0.39, 0.29) is 6.04 Å². The summed E-state index contributed by atoms with van der Waals surface area (Å²) in [5.41, 5.74) is 4.18. The second kappa shape index (κ2) is 11.6. The van der Waals surface area contributed by atoms with Gasteiger partial charge in [0, 0.05) is 0 Å². The number of allylic oxidation sites excluding steroid dienone is 2. The quantitative estimate of drug-likeness (QED) is 0.219. The molecule has 3 unspecified atom stereocenters. The standard InChI is InChI=1S/C21H20N3.2C6H5.Pb/c1-3-8-16-14(6-1)12-20(22-16)18-10-5-11-19(24-18)21-13-15-7-2-4-9-17(15)23-21;2*1-2-4-6-5-3-1;/h1,3,5-6,8,10-13,15,17-18H,2,4,7,9H2;2*1-5H;/q-3;;;. The fourth-order valence-electron chi connectivity index (χ4n) is 5.28. The van der Waals surface area contributed by atoms with Gasteiger partial charge in [-0.25, -0.2) is 0 Å². The molecule has 0 amide bonds. The Labute approximate surface area is 232 Å². The monoisotopic (exact) mass is 676 g/mol. The van der Waals surface area contributed by atoms with E-state index in [1.807, 2.05) is 6.07 Å². The van der Waals surface area contributed by atoms with Crippen molar-refractivity contribution < 1.29 is 0 Å². The summed E-state index contributed by atoms with van der Waals surface area (Å²) in [5.74, 6) is 0.633. The van der Waals surface area contributed by atoms with E-state index in [0.717, 1.165) is 22.6 Å². The van der Waals surface area contributed by atoms with Gasteiger partial charge in [-0.1, -0.05) is 79.9 Å². The summed E-state index contributed by atoms with van der Waals surface area (Å²) in [6.07, 6.45) is 13.8. The van der Waals surface area contributed by atoms with Crippen LogP contribution >= 0.6 is 0 Å². The first kappa shape index (κ1) is 24.3. The zero-order valence-corrected chi connectivity index (χ0v) is 24.8. The van der Waals surface area contributed by atoms with E-state index in [1.54, 1.807) is 6.25 Å². The third-order valence-corrected chi connectivity index (χ3v) is 12.0. The molecule has 1 aromatic heterocycles. The van der Waals surface area contributed by atoms with E-state index >= 15 is 0 Å². The summed E-state index contributed by atoms with van der Waals surface area (Å²) in [7, 11) is 0. The molecule has 3 heterocycles. The first-order chi connectivity index (χ1) is 18.3. The Kier molecular flexibility index (Phi) is 7.58. The minimum atomic E-state index is -0.740. The van der Waals surface area contributed by atoms with Crippen LogP contribution in [0.3, 0.4) is 0 Å². The van der Waals surface area contributed by atoms with Gasteiger partial charge < -0.3 is 15.6 Å². The molecule has 3 aliphatic rings. The molecule has 2 radical (unpaired) electrons. The molecule has 0 saturated heterocycles. The maximum absolute atomic E-state index is 4.95. The van der Waals surface area contributed by atoms with E-state index in [9.17, 15) is 0 Å². The first-order valence-corrected chi connectivity index (χ1v) is 17.1. The Balaban J connectivity index is 0.000000164. The fourth-order valence-corrected chi connectivity index (χ4v) is 9.37. The van der Waals surface area contributed by atoms with Crippen LogP contribution in [0.5, 0.6) is 0 Å². The molecule has 3 aromatic carbocycles. The Morgan fingerprint density at radius 1 is 0.703 bits per heavy atom. The van der Waals surface area contributed by atoms with Crippen LogP contribution in [0.4, 0.5) is 0 Å². The van der Waals surface area contributed by atoms with E-state index in [1.165, 1.54) is 31.1 Å². The minimum absolute atomic E-state index is 0.00359. The van der Waals surface area contributed by atoms with Crippen LogP contribution in [-0.2, 0) is 0 Å². The van der Waals surface area contributed by atoms with Gasteiger partial charge in [0.15, 0.2) is 0 Å². The number of nitrogens with zero attached hydrogens (tertiary/aromatic N) is 3. The normalized spacial score (nSPS) is 22.1. The number of hydrogen-bond donors (Lipinski definition) is 0. The van der Waals surface area contributed by atoms with Gasteiger partial charge in [0.1, 0.15) is 0 Å². The van der Waals surface area contributed by atoms with E-state index in [4.69, 9.17) is 15.6 Å². The SMILES string of the molecule is C1=CC(c2cc3ccccc3[n-]2)[N-]C(C2=CC3CCCCC3[N-]2)=C1.c1cc[c]([Pb][c]2ccccc2)cc1. The van der Waals surface area contributed by atoms with Crippen molar-refractivity contribution >= 4 is 41.4 Å². The maximum atomic E-state index is 4.95. The van der Waals surface area contributed by atoms with Gasteiger partial charge >= 0.3 is 91.1 Å². The molecule has 0 spiro atoms. The Morgan fingerprint density at radius 3 is 2.14 bits per heavy atom. The number of benzene rings is 3. The number of rotatable bonds is 4. The van der Waals surface area contributed by atoms with Crippen molar-refractivity contribution in [2.24, 2.45) is 5.92 Å². The van der Waals surface area contributed by atoms with Crippen molar-refractivity contribution in [2.75, 3.05) is 0 Å². The Morgan fingerprint density at radius 2 is 1.41 bits per heavy atom. The van der Waals surface area contributed by atoms with E-state index in [0.29, 0.717) is 12.0 Å². The predicted molar refractivity (Wildman–Crippen MR) is 156 cm³/mol. The van der Waals surface area contributed by atoms with Crippen LogP contribution in [-0.4, -0.2) is 30.3 Å². The van der Waals surface area contributed by atoms with Crippen molar-refractivity contribution in [3.63, 3.8) is 0 Å². The number of hydrogen-bond acceptors (Lipinski definition) is 0. The summed E-state index contributed by atoms with van der Waals surface area (Å²) in [6.45, 7) is 0. The second-order valence-electron chi connectivity index (χ2n) is 9.80. The number of fused-ring (bicyclic) bond motifs is 2. The summed E-state index contributed by atoms with van der Waals surface area (Å²) in [6, 6.07) is 32.6. The average molecular weight is 676 g/mol. The molecule has 1 fully saturated rings. The molecule has 0 bridgehead atoms. The molecular weight excluding hydrogens is 646 g/mol. The average Bonchev–Trinajstić information content (AvgIpc) is 3.60. The summed E-state index contributed by atoms with van der Waals surface area (Å²) >= 11 is -0.740. The Hall–Kier alpha value is -3.06. The summed E-state index contributed by atoms with van der Waals surface area (Å²) in [4.78, 5) is 4.75. The predicted octanol–water partition coefficient (Wildman–Crippen LogP) is 6.84. The van der Waals surface area contributed by atoms with Gasteiger partial charge in [-0.05, 0) is 17.7 Å². The van der Waals surface area contributed by atoms with Gasteiger partial charge in [-0.2, -0.15) is 17.1 Å². The van der Waals surface area contributed by atoms with Crippen molar-refractivity contribution in [3.05, 3.63) is 143 Å². The third kappa shape index (κ3) is 5.93.